The molecule has 1 heterocycles. The summed E-state index contributed by atoms with van der Waals surface area (Å²) in [5.74, 6) is -0.466. The Labute approximate surface area is 131 Å². The van der Waals surface area contributed by atoms with Gasteiger partial charge in [-0.2, -0.15) is 0 Å². The van der Waals surface area contributed by atoms with E-state index in [1.807, 2.05) is 6.92 Å². The number of benzene rings is 1. The molecule has 0 spiro atoms. The number of carbonyl (C=O) groups excluding carboxylic acids is 1. The van der Waals surface area contributed by atoms with E-state index in [4.69, 9.17) is 23.2 Å². The summed E-state index contributed by atoms with van der Waals surface area (Å²) in [4.78, 5) is 16.2. The minimum absolute atomic E-state index is 0.191. The van der Waals surface area contributed by atoms with Crippen LogP contribution in [0, 0.1) is 5.82 Å². The summed E-state index contributed by atoms with van der Waals surface area (Å²) in [6.07, 6.45) is 0. The number of rotatable bonds is 4. The third kappa shape index (κ3) is 4.31. The van der Waals surface area contributed by atoms with E-state index in [-0.39, 0.29) is 15.9 Å². The van der Waals surface area contributed by atoms with E-state index in [1.54, 1.807) is 6.07 Å². The van der Waals surface area contributed by atoms with Gasteiger partial charge in [-0.25, -0.2) is 9.37 Å². The monoisotopic (exact) mass is 327 g/mol. The second-order valence-electron chi connectivity index (χ2n) is 4.21. The average Bonchev–Trinajstić information content (AvgIpc) is 2.37. The SMILES string of the molecule is CCNc1cc(C(=O)Nc2cc(F)cc(Cl)c2)cc(Cl)n1. The van der Waals surface area contributed by atoms with Crippen molar-refractivity contribution in [1.82, 2.24) is 4.98 Å². The Morgan fingerprint density at radius 2 is 2.00 bits per heavy atom. The van der Waals surface area contributed by atoms with E-state index in [1.165, 1.54) is 18.2 Å². The summed E-state index contributed by atoms with van der Waals surface area (Å²) in [6, 6.07) is 6.78. The zero-order valence-electron chi connectivity index (χ0n) is 11.1. The fourth-order valence-electron chi connectivity index (χ4n) is 1.73. The molecule has 1 aromatic carbocycles. The van der Waals surface area contributed by atoms with Gasteiger partial charge in [-0.1, -0.05) is 23.2 Å². The summed E-state index contributed by atoms with van der Waals surface area (Å²) < 4.78 is 13.2. The van der Waals surface area contributed by atoms with Gasteiger partial charge in [0.25, 0.3) is 5.91 Å². The number of aromatic nitrogens is 1. The molecule has 2 rings (SSSR count). The summed E-state index contributed by atoms with van der Waals surface area (Å²) in [6.45, 7) is 2.55. The fraction of sp³-hybridized carbons (Fsp3) is 0.143. The third-order valence-electron chi connectivity index (χ3n) is 2.53. The molecule has 1 amide bonds. The molecule has 0 saturated heterocycles. The second-order valence-corrected chi connectivity index (χ2v) is 5.03. The van der Waals surface area contributed by atoms with Crippen LogP contribution in [-0.2, 0) is 0 Å². The van der Waals surface area contributed by atoms with Gasteiger partial charge in [0.05, 0.1) is 0 Å². The number of pyridine rings is 1. The van der Waals surface area contributed by atoms with Crippen molar-refractivity contribution in [1.29, 1.82) is 0 Å². The number of nitrogens with zero attached hydrogens (tertiary/aromatic N) is 1. The van der Waals surface area contributed by atoms with E-state index in [0.717, 1.165) is 6.07 Å². The number of nitrogens with one attached hydrogen (secondary N) is 2. The highest BCUT2D eigenvalue weighted by atomic mass is 35.5. The normalized spacial score (nSPS) is 10.3. The Balaban J connectivity index is 2.23. The Morgan fingerprint density at radius 3 is 2.67 bits per heavy atom. The molecule has 0 saturated carbocycles. The molecule has 0 fully saturated rings. The molecule has 0 bridgehead atoms. The van der Waals surface area contributed by atoms with E-state index in [9.17, 15) is 9.18 Å². The molecular formula is C14H12Cl2FN3O. The molecule has 0 radical (unpaired) electrons. The highest BCUT2D eigenvalue weighted by molar-refractivity contribution is 6.31. The molecule has 0 aliphatic rings. The maximum atomic E-state index is 13.2. The topological polar surface area (TPSA) is 54.0 Å². The first-order valence-corrected chi connectivity index (χ1v) is 6.92. The quantitative estimate of drug-likeness (QED) is 0.827. The maximum absolute atomic E-state index is 13.2. The van der Waals surface area contributed by atoms with Crippen molar-refractivity contribution < 1.29 is 9.18 Å². The molecule has 0 unspecified atom stereocenters. The molecule has 1 aromatic heterocycles. The van der Waals surface area contributed by atoms with Gasteiger partial charge in [0.15, 0.2) is 0 Å². The second kappa shape index (κ2) is 6.74. The lowest BCUT2D eigenvalue weighted by Crippen LogP contribution is -2.13. The average molecular weight is 328 g/mol. The summed E-state index contributed by atoms with van der Waals surface area (Å²) in [5.41, 5.74) is 0.578. The first kappa shape index (κ1) is 15.5. The third-order valence-corrected chi connectivity index (χ3v) is 2.95. The molecule has 4 nitrogen and oxygen atoms in total. The van der Waals surface area contributed by atoms with Crippen LogP contribution in [0.2, 0.25) is 10.2 Å². The van der Waals surface area contributed by atoms with Crippen molar-refractivity contribution in [2.45, 2.75) is 6.92 Å². The van der Waals surface area contributed by atoms with Gasteiger partial charge >= 0.3 is 0 Å². The number of amides is 1. The van der Waals surface area contributed by atoms with Crippen LogP contribution in [0.5, 0.6) is 0 Å². The molecule has 0 atom stereocenters. The summed E-state index contributed by atoms with van der Waals surface area (Å²) in [5, 5.41) is 5.92. The molecule has 2 N–H and O–H groups in total. The Morgan fingerprint density at radius 1 is 1.24 bits per heavy atom. The first-order chi connectivity index (χ1) is 9.97. The summed E-state index contributed by atoms with van der Waals surface area (Å²) >= 11 is 11.6. The maximum Gasteiger partial charge on any atom is 0.255 e. The largest absolute Gasteiger partial charge is 0.370 e. The Hall–Kier alpha value is -1.85. The smallest absolute Gasteiger partial charge is 0.255 e. The predicted molar refractivity (Wildman–Crippen MR) is 82.8 cm³/mol. The fourth-order valence-corrected chi connectivity index (χ4v) is 2.16. The van der Waals surface area contributed by atoms with Gasteiger partial charge in [-0.15, -0.1) is 0 Å². The molecule has 21 heavy (non-hydrogen) atoms. The van der Waals surface area contributed by atoms with Crippen LogP contribution >= 0.6 is 23.2 Å². The van der Waals surface area contributed by atoms with Gasteiger partial charge in [0.1, 0.15) is 16.8 Å². The van der Waals surface area contributed by atoms with Gasteiger partial charge in [0, 0.05) is 22.8 Å². The Bertz CT molecular complexity index is 659. The standard InChI is InChI=1S/C14H12Cl2FN3O/c1-2-18-13-4-8(3-12(16)20-13)14(21)19-11-6-9(15)5-10(17)7-11/h3-7H,2H2,1H3,(H,18,20)(H,19,21). The molecule has 0 aliphatic heterocycles. The van der Waals surface area contributed by atoms with Gasteiger partial charge in [-0.3, -0.25) is 4.79 Å². The zero-order chi connectivity index (χ0) is 15.4. The minimum atomic E-state index is -0.529. The predicted octanol–water partition coefficient (Wildman–Crippen LogP) is 4.21. The number of halogens is 3. The number of hydrogen-bond acceptors (Lipinski definition) is 3. The minimum Gasteiger partial charge on any atom is -0.370 e. The number of anilines is 2. The van der Waals surface area contributed by atoms with E-state index >= 15 is 0 Å². The molecule has 110 valence electrons. The van der Waals surface area contributed by atoms with E-state index < -0.39 is 11.7 Å². The van der Waals surface area contributed by atoms with Crippen molar-refractivity contribution in [3.63, 3.8) is 0 Å². The van der Waals surface area contributed by atoms with E-state index in [2.05, 4.69) is 15.6 Å². The lowest BCUT2D eigenvalue weighted by molar-refractivity contribution is 0.102. The molecule has 7 heteroatoms. The van der Waals surface area contributed by atoms with Crippen molar-refractivity contribution >= 4 is 40.6 Å². The Kier molecular flexibility index (Phi) is 4.98. The van der Waals surface area contributed by atoms with Crippen LogP contribution in [0.25, 0.3) is 0 Å². The van der Waals surface area contributed by atoms with Crippen LogP contribution in [0.3, 0.4) is 0 Å². The lowest BCUT2D eigenvalue weighted by Gasteiger charge is -2.08. The van der Waals surface area contributed by atoms with E-state index in [0.29, 0.717) is 17.9 Å². The van der Waals surface area contributed by atoms with Crippen LogP contribution in [0.15, 0.2) is 30.3 Å². The number of carbonyl (C=O) groups is 1. The highest BCUT2D eigenvalue weighted by Crippen LogP contribution is 2.20. The van der Waals surface area contributed by atoms with Crippen molar-refractivity contribution in [3.8, 4) is 0 Å². The first-order valence-electron chi connectivity index (χ1n) is 6.17. The van der Waals surface area contributed by atoms with Crippen LogP contribution < -0.4 is 10.6 Å². The highest BCUT2D eigenvalue weighted by Gasteiger charge is 2.10. The van der Waals surface area contributed by atoms with Crippen molar-refractivity contribution in [2.75, 3.05) is 17.2 Å². The number of hydrogen-bond donors (Lipinski definition) is 2. The van der Waals surface area contributed by atoms with Crippen LogP contribution in [0.1, 0.15) is 17.3 Å². The van der Waals surface area contributed by atoms with Crippen LogP contribution in [-0.4, -0.2) is 17.4 Å². The molecule has 0 aliphatic carbocycles. The van der Waals surface area contributed by atoms with Gasteiger partial charge < -0.3 is 10.6 Å². The molecular weight excluding hydrogens is 316 g/mol. The van der Waals surface area contributed by atoms with Gasteiger partial charge in [-0.05, 0) is 37.3 Å². The van der Waals surface area contributed by atoms with Crippen LogP contribution in [0.4, 0.5) is 15.9 Å². The van der Waals surface area contributed by atoms with Gasteiger partial charge in [0.2, 0.25) is 0 Å². The summed E-state index contributed by atoms with van der Waals surface area (Å²) in [7, 11) is 0. The van der Waals surface area contributed by atoms with Crippen molar-refractivity contribution in [2.24, 2.45) is 0 Å². The van der Waals surface area contributed by atoms with Crippen molar-refractivity contribution in [3.05, 3.63) is 51.9 Å². The molecule has 2 aromatic rings. The zero-order valence-corrected chi connectivity index (χ0v) is 12.6. The lowest BCUT2D eigenvalue weighted by atomic mass is 10.2.